The molecule has 6 heteroatoms. The average Bonchev–Trinajstić information content (AvgIpc) is 2.89. The van der Waals surface area contributed by atoms with Crippen LogP contribution >= 0.6 is 0 Å². The maximum absolute atomic E-state index is 12.0. The van der Waals surface area contributed by atoms with Gasteiger partial charge >= 0.3 is 12.1 Å². The highest BCUT2D eigenvalue weighted by molar-refractivity contribution is 5.90. The van der Waals surface area contributed by atoms with Crippen molar-refractivity contribution in [2.45, 2.75) is 57.5 Å². The summed E-state index contributed by atoms with van der Waals surface area (Å²) >= 11 is 0. The number of anilines is 1. The Bertz CT molecular complexity index is 612. The lowest BCUT2D eigenvalue weighted by molar-refractivity contribution is -0.143. The second kappa shape index (κ2) is 6.10. The van der Waals surface area contributed by atoms with E-state index in [1.54, 1.807) is 20.8 Å². The Labute approximate surface area is 135 Å². The average molecular weight is 321 g/mol. The Morgan fingerprint density at radius 3 is 2.35 bits per heavy atom. The summed E-state index contributed by atoms with van der Waals surface area (Å²) in [5, 5.41) is 22.1. The van der Waals surface area contributed by atoms with E-state index in [-0.39, 0.29) is 5.75 Å². The van der Waals surface area contributed by atoms with Crippen molar-refractivity contribution in [2.24, 2.45) is 0 Å². The molecule has 0 atom stereocenters. The fourth-order valence-electron chi connectivity index (χ4n) is 3.03. The molecule has 0 heterocycles. The van der Waals surface area contributed by atoms with Gasteiger partial charge in [-0.2, -0.15) is 0 Å². The van der Waals surface area contributed by atoms with E-state index in [0.29, 0.717) is 24.1 Å². The van der Waals surface area contributed by atoms with Crippen LogP contribution in [0.3, 0.4) is 0 Å². The van der Waals surface area contributed by atoms with Crippen LogP contribution in [0, 0.1) is 0 Å². The third kappa shape index (κ3) is 3.75. The number of ether oxygens (including phenoxy) is 1. The number of nitrogens with one attached hydrogen (secondary N) is 1. The number of phenols is 1. The molecule has 1 aromatic carbocycles. The van der Waals surface area contributed by atoms with Crippen molar-refractivity contribution in [3.63, 3.8) is 0 Å². The first kappa shape index (κ1) is 17.1. The molecule has 0 saturated heterocycles. The van der Waals surface area contributed by atoms with Crippen molar-refractivity contribution in [2.75, 3.05) is 5.32 Å². The monoisotopic (exact) mass is 321 g/mol. The summed E-state index contributed by atoms with van der Waals surface area (Å²) in [4.78, 5) is 23.9. The standard InChI is InChI=1S/C17H23NO5/c1-16(2,3)23-15(22)18-13-7-6-11(19)10-12(13)17(14(20)21)8-4-5-9-17/h6-7,10,19H,4-5,8-9H2,1-3H3,(H,18,22)(H,20,21). The molecule has 0 unspecified atom stereocenters. The fraction of sp³-hybridized carbons (Fsp3) is 0.529. The summed E-state index contributed by atoms with van der Waals surface area (Å²) in [6.07, 6.45) is 1.91. The molecular weight excluding hydrogens is 298 g/mol. The second-order valence-corrected chi connectivity index (χ2v) is 6.95. The number of aromatic hydroxyl groups is 1. The van der Waals surface area contributed by atoms with Crippen LogP contribution in [-0.4, -0.2) is 27.9 Å². The minimum absolute atomic E-state index is 0.0257. The maximum Gasteiger partial charge on any atom is 0.412 e. The molecule has 0 spiro atoms. The Kier molecular flexibility index (Phi) is 4.54. The molecule has 1 fully saturated rings. The van der Waals surface area contributed by atoms with Crippen LogP contribution in [0.15, 0.2) is 18.2 Å². The lowest BCUT2D eigenvalue weighted by Crippen LogP contribution is -2.34. The first-order chi connectivity index (χ1) is 10.6. The van der Waals surface area contributed by atoms with Crippen molar-refractivity contribution in [3.05, 3.63) is 23.8 Å². The largest absolute Gasteiger partial charge is 0.508 e. The van der Waals surface area contributed by atoms with Gasteiger partial charge in [-0.3, -0.25) is 10.1 Å². The number of hydrogen-bond donors (Lipinski definition) is 3. The molecule has 2 rings (SSSR count). The molecule has 1 saturated carbocycles. The van der Waals surface area contributed by atoms with Gasteiger partial charge in [0.05, 0.1) is 5.41 Å². The summed E-state index contributed by atoms with van der Waals surface area (Å²) in [7, 11) is 0. The summed E-state index contributed by atoms with van der Waals surface area (Å²) < 4.78 is 5.22. The Morgan fingerprint density at radius 1 is 1.22 bits per heavy atom. The molecule has 3 N–H and O–H groups in total. The van der Waals surface area contributed by atoms with Gasteiger partial charge in [-0.15, -0.1) is 0 Å². The zero-order valence-corrected chi connectivity index (χ0v) is 13.7. The number of carboxylic acids is 1. The molecule has 1 amide bonds. The zero-order chi connectivity index (χ0) is 17.3. The van der Waals surface area contributed by atoms with Crippen molar-refractivity contribution in [1.82, 2.24) is 0 Å². The van der Waals surface area contributed by atoms with Gasteiger partial charge < -0.3 is 14.9 Å². The lowest BCUT2D eigenvalue weighted by Gasteiger charge is -2.28. The van der Waals surface area contributed by atoms with E-state index in [4.69, 9.17) is 4.74 Å². The number of carbonyl (C=O) groups excluding carboxylic acids is 1. The van der Waals surface area contributed by atoms with Crippen LogP contribution < -0.4 is 5.32 Å². The van der Waals surface area contributed by atoms with Gasteiger partial charge in [0.25, 0.3) is 0 Å². The summed E-state index contributed by atoms with van der Waals surface area (Å²) in [6.45, 7) is 5.25. The van der Waals surface area contributed by atoms with Crippen molar-refractivity contribution >= 4 is 17.7 Å². The predicted octanol–water partition coefficient (Wildman–Crippen LogP) is 3.64. The van der Waals surface area contributed by atoms with Crippen molar-refractivity contribution < 1.29 is 24.5 Å². The van der Waals surface area contributed by atoms with Gasteiger partial charge in [-0.05, 0) is 57.4 Å². The molecule has 1 aliphatic carbocycles. The number of phenolic OH excluding ortho intramolecular Hbond substituents is 1. The molecule has 0 aliphatic heterocycles. The number of carboxylic acid groups (broad SMARTS) is 1. The Hall–Kier alpha value is -2.24. The highest BCUT2D eigenvalue weighted by Crippen LogP contribution is 2.45. The number of benzene rings is 1. The third-order valence-corrected chi connectivity index (χ3v) is 4.02. The van der Waals surface area contributed by atoms with Gasteiger partial charge in [0.2, 0.25) is 0 Å². The van der Waals surface area contributed by atoms with Crippen LogP contribution in [0.1, 0.15) is 52.0 Å². The van der Waals surface area contributed by atoms with Crippen LogP contribution in [0.2, 0.25) is 0 Å². The Morgan fingerprint density at radius 2 is 1.83 bits per heavy atom. The van der Waals surface area contributed by atoms with Gasteiger partial charge in [-0.1, -0.05) is 12.8 Å². The van der Waals surface area contributed by atoms with Gasteiger partial charge in [0.15, 0.2) is 0 Å². The molecule has 6 nitrogen and oxygen atoms in total. The zero-order valence-electron chi connectivity index (χ0n) is 13.7. The van der Waals surface area contributed by atoms with E-state index in [1.165, 1.54) is 18.2 Å². The molecular formula is C17H23NO5. The van der Waals surface area contributed by atoms with Gasteiger partial charge in [0, 0.05) is 5.69 Å². The molecule has 0 bridgehead atoms. The lowest BCUT2D eigenvalue weighted by atomic mass is 9.78. The highest BCUT2D eigenvalue weighted by Gasteiger charge is 2.44. The van der Waals surface area contributed by atoms with E-state index in [9.17, 15) is 19.8 Å². The van der Waals surface area contributed by atoms with Gasteiger partial charge in [-0.25, -0.2) is 4.79 Å². The smallest absolute Gasteiger partial charge is 0.412 e. The SMILES string of the molecule is CC(C)(C)OC(=O)Nc1ccc(O)cc1C1(C(=O)O)CCCC1. The first-order valence-electron chi connectivity index (χ1n) is 7.71. The van der Waals surface area contributed by atoms with E-state index in [0.717, 1.165) is 12.8 Å². The number of carbonyl (C=O) groups is 2. The summed E-state index contributed by atoms with van der Waals surface area (Å²) in [5.41, 5.74) is -0.947. The van der Waals surface area contributed by atoms with Crippen LogP contribution in [0.25, 0.3) is 0 Å². The number of amides is 1. The maximum atomic E-state index is 12.0. The van der Waals surface area contributed by atoms with Crippen molar-refractivity contribution in [3.8, 4) is 5.75 Å². The molecule has 1 aliphatic rings. The first-order valence-corrected chi connectivity index (χ1v) is 7.71. The fourth-order valence-corrected chi connectivity index (χ4v) is 3.03. The second-order valence-electron chi connectivity index (χ2n) is 6.95. The van der Waals surface area contributed by atoms with Gasteiger partial charge in [0.1, 0.15) is 11.4 Å². The number of rotatable bonds is 3. The quantitative estimate of drug-likeness (QED) is 0.739. The number of aliphatic carboxylic acids is 1. The molecule has 1 aromatic rings. The van der Waals surface area contributed by atoms with Crippen LogP contribution in [0.5, 0.6) is 5.75 Å². The predicted molar refractivity (Wildman–Crippen MR) is 85.7 cm³/mol. The summed E-state index contributed by atoms with van der Waals surface area (Å²) in [5.74, 6) is -0.963. The molecule has 126 valence electrons. The molecule has 0 radical (unpaired) electrons. The van der Waals surface area contributed by atoms with Crippen molar-refractivity contribution in [1.29, 1.82) is 0 Å². The number of hydrogen-bond acceptors (Lipinski definition) is 4. The van der Waals surface area contributed by atoms with E-state index in [2.05, 4.69) is 5.32 Å². The minimum Gasteiger partial charge on any atom is -0.508 e. The minimum atomic E-state index is -1.08. The topological polar surface area (TPSA) is 95.9 Å². The molecule has 0 aromatic heterocycles. The van der Waals surface area contributed by atoms with E-state index < -0.39 is 23.1 Å². The van der Waals surface area contributed by atoms with Crippen LogP contribution in [-0.2, 0) is 14.9 Å². The van der Waals surface area contributed by atoms with E-state index in [1.807, 2.05) is 0 Å². The third-order valence-electron chi connectivity index (χ3n) is 4.02. The van der Waals surface area contributed by atoms with E-state index >= 15 is 0 Å². The Balaban J connectivity index is 2.38. The highest BCUT2D eigenvalue weighted by atomic mass is 16.6. The normalized spacial score (nSPS) is 16.8. The summed E-state index contributed by atoms with van der Waals surface area (Å²) in [6, 6.07) is 4.35. The molecule has 23 heavy (non-hydrogen) atoms. The van der Waals surface area contributed by atoms with Crippen LogP contribution in [0.4, 0.5) is 10.5 Å².